The van der Waals surface area contributed by atoms with Crippen LogP contribution in [0.1, 0.15) is 31.4 Å². The second-order valence-electron chi connectivity index (χ2n) is 4.94. The van der Waals surface area contributed by atoms with E-state index in [2.05, 4.69) is 24.4 Å². The minimum Gasteiger partial charge on any atom is -0.396 e. The van der Waals surface area contributed by atoms with Crippen LogP contribution < -0.4 is 5.32 Å². The molecule has 0 aromatic heterocycles. The normalized spacial score (nSPS) is 24.6. The Morgan fingerprint density at radius 3 is 2.59 bits per heavy atom. The van der Waals surface area contributed by atoms with Crippen LogP contribution in [0.5, 0.6) is 0 Å². The van der Waals surface area contributed by atoms with Gasteiger partial charge in [0.25, 0.3) is 0 Å². The number of benzene rings is 1. The van der Waals surface area contributed by atoms with Crippen molar-refractivity contribution in [1.29, 1.82) is 0 Å². The summed E-state index contributed by atoms with van der Waals surface area (Å²) in [5.41, 5.74) is 1.31. The van der Waals surface area contributed by atoms with E-state index in [1.54, 1.807) is 0 Å². The van der Waals surface area contributed by atoms with Gasteiger partial charge in [0, 0.05) is 17.7 Å². The number of hydrogen-bond donors (Lipinski definition) is 2. The third-order valence-electron chi connectivity index (χ3n) is 3.53. The fourth-order valence-corrected chi connectivity index (χ4v) is 2.46. The van der Waals surface area contributed by atoms with Crippen LogP contribution in [0.4, 0.5) is 0 Å². The summed E-state index contributed by atoms with van der Waals surface area (Å²) in [5, 5.41) is 13.2. The first-order chi connectivity index (χ1) is 8.22. The molecule has 3 heteroatoms. The second kappa shape index (κ2) is 5.85. The van der Waals surface area contributed by atoms with Crippen molar-refractivity contribution >= 4 is 11.6 Å². The summed E-state index contributed by atoms with van der Waals surface area (Å²) in [7, 11) is 0. The van der Waals surface area contributed by atoms with Crippen LogP contribution in [-0.4, -0.2) is 18.3 Å². The SMILES string of the molecule is CC1CC1C(NCCCO)c1ccc(Cl)cc1. The molecule has 0 spiro atoms. The van der Waals surface area contributed by atoms with Crippen LogP contribution >= 0.6 is 11.6 Å². The predicted molar refractivity (Wildman–Crippen MR) is 71.2 cm³/mol. The molecule has 94 valence electrons. The maximum atomic E-state index is 8.83. The van der Waals surface area contributed by atoms with Crippen molar-refractivity contribution in [1.82, 2.24) is 5.32 Å². The molecule has 2 nitrogen and oxygen atoms in total. The van der Waals surface area contributed by atoms with Crippen LogP contribution in [-0.2, 0) is 0 Å². The van der Waals surface area contributed by atoms with Gasteiger partial charge in [-0.2, -0.15) is 0 Å². The summed E-state index contributed by atoms with van der Waals surface area (Å²) in [6.07, 6.45) is 2.10. The highest BCUT2D eigenvalue weighted by Crippen LogP contribution is 2.46. The molecule has 1 aliphatic carbocycles. The van der Waals surface area contributed by atoms with E-state index in [4.69, 9.17) is 16.7 Å². The summed E-state index contributed by atoms with van der Waals surface area (Å²) in [6.45, 7) is 3.41. The first-order valence-electron chi connectivity index (χ1n) is 6.32. The molecule has 0 amide bonds. The van der Waals surface area contributed by atoms with Crippen molar-refractivity contribution in [2.24, 2.45) is 11.8 Å². The van der Waals surface area contributed by atoms with Crippen molar-refractivity contribution in [3.8, 4) is 0 Å². The van der Waals surface area contributed by atoms with Gasteiger partial charge in [-0.1, -0.05) is 30.7 Å². The standard InChI is InChI=1S/C14H20ClNO/c1-10-9-13(10)14(16-7-2-8-17)11-3-5-12(15)6-4-11/h3-6,10,13-14,16-17H,2,7-9H2,1H3. The Balaban J connectivity index is 2.01. The molecule has 0 bridgehead atoms. The molecule has 1 saturated carbocycles. The van der Waals surface area contributed by atoms with E-state index in [-0.39, 0.29) is 6.61 Å². The van der Waals surface area contributed by atoms with Gasteiger partial charge in [0.05, 0.1) is 0 Å². The molecular weight excluding hydrogens is 234 g/mol. The summed E-state index contributed by atoms with van der Waals surface area (Å²) < 4.78 is 0. The van der Waals surface area contributed by atoms with Crippen LogP contribution in [0.15, 0.2) is 24.3 Å². The Hall–Kier alpha value is -0.570. The number of halogens is 1. The topological polar surface area (TPSA) is 32.3 Å². The molecule has 1 aromatic carbocycles. The van der Waals surface area contributed by atoms with Gasteiger partial charge in [-0.3, -0.25) is 0 Å². The number of rotatable bonds is 6. The zero-order valence-corrected chi connectivity index (χ0v) is 11.0. The van der Waals surface area contributed by atoms with E-state index in [1.807, 2.05) is 12.1 Å². The first kappa shape index (κ1) is 12.9. The molecule has 1 aliphatic rings. The number of aliphatic hydroxyl groups is 1. The smallest absolute Gasteiger partial charge is 0.0443 e. The van der Waals surface area contributed by atoms with Gasteiger partial charge in [0.15, 0.2) is 0 Å². The highest BCUT2D eigenvalue weighted by atomic mass is 35.5. The molecule has 3 unspecified atom stereocenters. The molecule has 0 heterocycles. The Labute approximate surface area is 108 Å². The molecule has 2 rings (SSSR count). The van der Waals surface area contributed by atoms with Gasteiger partial charge >= 0.3 is 0 Å². The third-order valence-corrected chi connectivity index (χ3v) is 3.78. The Kier molecular flexibility index (Phi) is 4.43. The fourth-order valence-electron chi connectivity index (χ4n) is 2.34. The lowest BCUT2D eigenvalue weighted by molar-refractivity contribution is 0.281. The van der Waals surface area contributed by atoms with Crippen LogP contribution in [0.25, 0.3) is 0 Å². The van der Waals surface area contributed by atoms with Gasteiger partial charge in [0.1, 0.15) is 0 Å². The van der Waals surface area contributed by atoms with Gasteiger partial charge < -0.3 is 10.4 Å². The van der Waals surface area contributed by atoms with Crippen LogP contribution in [0, 0.1) is 11.8 Å². The zero-order chi connectivity index (χ0) is 12.3. The number of aliphatic hydroxyl groups excluding tert-OH is 1. The molecule has 1 fully saturated rings. The summed E-state index contributed by atoms with van der Waals surface area (Å²) in [5.74, 6) is 1.53. The van der Waals surface area contributed by atoms with E-state index >= 15 is 0 Å². The summed E-state index contributed by atoms with van der Waals surface area (Å²) >= 11 is 5.91. The van der Waals surface area contributed by atoms with Crippen molar-refractivity contribution in [2.75, 3.05) is 13.2 Å². The minimum absolute atomic E-state index is 0.251. The lowest BCUT2D eigenvalue weighted by Crippen LogP contribution is -2.25. The Morgan fingerprint density at radius 2 is 2.06 bits per heavy atom. The number of nitrogens with one attached hydrogen (secondary N) is 1. The quantitative estimate of drug-likeness (QED) is 0.764. The molecule has 3 atom stereocenters. The van der Waals surface area contributed by atoms with Crippen LogP contribution in [0.3, 0.4) is 0 Å². The maximum Gasteiger partial charge on any atom is 0.0443 e. The molecule has 0 radical (unpaired) electrons. The molecule has 0 saturated heterocycles. The zero-order valence-electron chi connectivity index (χ0n) is 10.2. The van der Waals surface area contributed by atoms with E-state index in [9.17, 15) is 0 Å². The average molecular weight is 254 g/mol. The lowest BCUT2D eigenvalue weighted by atomic mass is 10.0. The third kappa shape index (κ3) is 3.44. The Bertz CT molecular complexity index is 352. The van der Waals surface area contributed by atoms with Crippen molar-refractivity contribution in [2.45, 2.75) is 25.8 Å². The van der Waals surface area contributed by atoms with E-state index < -0.39 is 0 Å². The van der Waals surface area contributed by atoms with Gasteiger partial charge in [-0.05, 0) is 48.9 Å². The molecule has 17 heavy (non-hydrogen) atoms. The highest BCUT2D eigenvalue weighted by molar-refractivity contribution is 6.30. The average Bonchev–Trinajstić information content (AvgIpc) is 3.03. The van der Waals surface area contributed by atoms with Crippen LogP contribution in [0.2, 0.25) is 5.02 Å². The minimum atomic E-state index is 0.251. The van der Waals surface area contributed by atoms with E-state index in [0.29, 0.717) is 6.04 Å². The highest BCUT2D eigenvalue weighted by Gasteiger charge is 2.39. The monoisotopic (exact) mass is 253 g/mol. The van der Waals surface area contributed by atoms with Crippen molar-refractivity contribution in [3.63, 3.8) is 0 Å². The second-order valence-corrected chi connectivity index (χ2v) is 5.37. The molecule has 0 aliphatic heterocycles. The molecule has 1 aromatic rings. The molecule has 2 N–H and O–H groups in total. The predicted octanol–water partition coefficient (Wildman–Crippen LogP) is 3.01. The van der Waals surface area contributed by atoms with Gasteiger partial charge in [0.2, 0.25) is 0 Å². The summed E-state index contributed by atoms with van der Waals surface area (Å²) in [4.78, 5) is 0. The maximum absolute atomic E-state index is 8.83. The van der Waals surface area contributed by atoms with E-state index in [0.717, 1.165) is 29.8 Å². The van der Waals surface area contributed by atoms with Crippen molar-refractivity contribution in [3.05, 3.63) is 34.9 Å². The largest absolute Gasteiger partial charge is 0.396 e. The Morgan fingerprint density at radius 1 is 1.41 bits per heavy atom. The number of hydrogen-bond acceptors (Lipinski definition) is 2. The molecular formula is C14H20ClNO. The van der Waals surface area contributed by atoms with Gasteiger partial charge in [-0.25, -0.2) is 0 Å². The fraction of sp³-hybridized carbons (Fsp3) is 0.571. The van der Waals surface area contributed by atoms with Gasteiger partial charge in [-0.15, -0.1) is 0 Å². The summed E-state index contributed by atoms with van der Waals surface area (Å²) in [6, 6.07) is 8.51. The van der Waals surface area contributed by atoms with E-state index in [1.165, 1.54) is 12.0 Å². The first-order valence-corrected chi connectivity index (χ1v) is 6.70. The van der Waals surface area contributed by atoms with Crippen molar-refractivity contribution < 1.29 is 5.11 Å². The lowest BCUT2D eigenvalue weighted by Gasteiger charge is -2.19.